The summed E-state index contributed by atoms with van der Waals surface area (Å²) < 4.78 is 0. The maximum absolute atomic E-state index is 10.7. The molecule has 0 saturated carbocycles. The first kappa shape index (κ1) is 15.4. The lowest BCUT2D eigenvalue weighted by Gasteiger charge is -2.25. The Bertz CT molecular complexity index is 586. The van der Waals surface area contributed by atoms with Crippen molar-refractivity contribution in [1.29, 1.82) is 0 Å². The summed E-state index contributed by atoms with van der Waals surface area (Å²) in [5.74, 6) is -0.763. The fraction of sp³-hybridized carbons (Fsp3) is 0.235. The summed E-state index contributed by atoms with van der Waals surface area (Å²) in [7, 11) is 0. The molecule has 0 saturated heterocycles. The fourth-order valence-electron chi connectivity index (χ4n) is 2.19. The molecule has 0 aromatic heterocycles. The van der Waals surface area contributed by atoms with Gasteiger partial charge in [-0.2, -0.15) is 0 Å². The van der Waals surface area contributed by atoms with Crippen molar-refractivity contribution in [3.05, 3.63) is 65.2 Å². The summed E-state index contributed by atoms with van der Waals surface area (Å²) in [6.07, 6.45) is 0.778. The predicted molar refractivity (Wildman–Crippen MR) is 85.8 cm³/mol. The molecule has 21 heavy (non-hydrogen) atoms. The SMILES string of the molecule is O=C(O)CCCN(Cc1ccccc1Cl)c1ccccc1. The zero-order valence-corrected chi connectivity index (χ0v) is 12.5. The third-order valence-corrected chi connectivity index (χ3v) is 3.63. The van der Waals surface area contributed by atoms with Crippen LogP contribution in [0.2, 0.25) is 5.02 Å². The van der Waals surface area contributed by atoms with Crippen molar-refractivity contribution < 1.29 is 9.90 Å². The van der Waals surface area contributed by atoms with E-state index in [2.05, 4.69) is 4.90 Å². The lowest BCUT2D eigenvalue weighted by molar-refractivity contribution is -0.137. The van der Waals surface area contributed by atoms with Gasteiger partial charge in [0.05, 0.1) is 0 Å². The Hall–Kier alpha value is -2.00. The van der Waals surface area contributed by atoms with Crippen LogP contribution in [0.1, 0.15) is 18.4 Å². The molecule has 3 nitrogen and oxygen atoms in total. The second-order valence-electron chi connectivity index (χ2n) is 4.85. The van der Waals surface area contributed by atoms with E-state index in [0.29, 0.717) is 19.5 Å². The molecule has 0 heterocycles. The maximum atomic E-state index is 10.7. The minimum atomic E-state index is -0.763. The highest BCUT2D eigenvalue weighted by Crippen LogP contribution is 2.22. The summed E-state index contributed by atoms with van der Waals surface area (Å²) in [4.78, 5) is 12.8. The molecule has 0 radical (unpaired) electrons. The van der Waals surface area contributed by atoms with Crippen molar-refractivity contribution in [2.75, 3.05) is 11.4 Å². The number of hydrogen-bond acceptors (Lipinski definition) is 2. The highest BCUT2D eigenvalue weighted by molar-refractivity contribution is 6.31. The Morgan fingerprint density at radius 1 is 1.05 bits per heavy atom. The Kier molecular flexibility index (Phi) is 5.64. The van der Waals surface area contributed by atoms with E-state index in [4.69, 9.17) is 16.7 Å². The van der Waals surface area contributed by atoms with Crippen LogP contribution in [0.5, 0.6) is 0 Å². The topological polar surface area (TPSA) is 40.5 Å². The first-order valence-electron chi connectivity index (χ1n) is 6.92. The molecule has 1 N–H and O–H groups in total. The van der Waals surface area contributed by atoms with Gasteiger partial charge in [-0.1, -0.05) is 48.0 Å². The number of anilines is 1. The zero-order valence-electron chi connectivity index (χ0n) is 11.7. The van der Waals surface area contributed by atoms with Crippen LogP contribution in [0.4, 0.5) is 5.69 Å². The number of aliphatic carboxylic acids is 1. The highest BCUT2D eigenvalue weighted by Gasteiger charge is 2.10. The van der Waals surface area contributed by atoms with Gasteiger partial charge in [-0.3, -0.25) is 4.79 Å². The molecule has 2 rings (SSSR count). The van der Waals surface area contributed by atoms with Gasteiger partial charge in [-0.25, -0.2) is 0 Å². The average Bonchev–Trinajstić information content (AvgIpc) is 2.49. The van der Waals surface area contributed by atoms with Gasteiger partial charge in [0.1, 0.15) is 0 Å². The van der Waals surface area contributed by atoms with Gasteiger partial charge in [0.2, 0.25) is 0 Å². The van der Waals surface area contributed by atoms with Crippen molar-refractivity contribution in [1.82, 2.24) is 0 Å². The fourth-order valence-corrected chi connectivity index (χ4v) is 2.39. The predicted octanol–water partition coefficient (Wildman–Crippen LogP) is 4.21. The molecule has 0 amide bonds. The van der Waals surface area contributed by atoms with Gasteiger partial charge in [-0.15, -0.1) is 0 Å². The summed E-state index contributed by atoms with van der Waals surface area (Å²) in [5.41, 5.74) is 2.11. The average molecular weight is 304 g/mol. The van der Waals surface area contributed by atoms with E-state index in [1.54, 1.807) is 0 Å². The third kappa shape index (κ3) is 4.80. The number of halogens is 1. The van der Waals surface area contributed by atoms with Gasteiger partial charge in [0, 0.05) is 30.2 Å². The molecule has 0 atom stereocenters. The number of nitrogens with zero attached hydrogens (tertiary/aromatic N) is 1. The smallest absolute Gasteiger partial charge is 0.303 e. The lowest BCUT2D eigenvalue weighted by Crippen LogP contribution is -2.24. The van der Waals surface area contributed by atoms with Gasteiger partial charge in [0.15, 0.2) is 0 Å². The Labute approximate surface area is 129 Å². The van der Waals surface area contributed by atoms with E-state index in [-0.39, 0.29) is 6.42 Å². The molecular weight excluding hydrogens is 286 g/mol. The molecule has 0 bridgehead atoms. The van der Waals surface area contributed by atoms with Gasteiger partial charge in [0.25, 0.3) is 0 Å². The largest absolute Gasteiger partial charge is 0.481 e. The highest BCUT2D eigenvalue weighted by atomic mass is 35.5. The number of carbonyl (C=O) groups is 1. The number of carboxylic acid groups (broad SMARTS) is 1. The summed E-state index contributed by atoms with van der Waals surface area (Å²) in [6.45, 7) is 1.35. The van der Waals surface area contributed by atoms with Crippen LogP contribution in [0.3, 0.4) is 0 Å². The van der Waals surface area contributed by atoms with Crippen molar-refractivity contribution in [3.63, 3.8) is 0 Å². The van der Waals surface area contributed by atoms with Crippen LogP contribution in [0, 0.1) is 0 Å². The van der Waals surface area contributed by atoms with E-state index in [1.807, 2.05) is 54.6 Å². The molecule has 2 aromatic carbocycles. The van der Waals surface area contributed by atoms with Crippen LogP contribution >= 0.6 is 11.6 Å². The molecule has 2 aromatic rings. The van der Waals surface area contributed by atoms with Crippen molar-refractivity contribution in [3.8, 4) is 0 Å². The number of hydrogen-bond donors (Lipinski definition) is 1. The first-order chi connectivity index (χ1) is 10.2. The zero-order chi connectivity index (χ0) is 15.1. The molecule has 0 unspecified atom stereocenters. The van der Waals surface area contributed by atoms with E-state index in [9.17, 15) is 4.79 Å². The standard InChI is InChI=1S/C17H18ClNO2/c18-16-10-5-4-7-14(16)13-19(12-6-11-17(20)21)15-8-2-1-3-9-15/h1-5,7-10H,6,11-13H2,(H,20,21). The molecule has 0 spiro atoms. The third-order valence-electron chi connectivity index (χ3n) is 3.26. The summed E-state index contributed by atoms with van der Waals surface area (Å²) in [6, 6.07) is 17.7. The molecule has 0 aliphatic rings. The van der Waals surface area contributed by atoms with Crippen molar-refractivity contribution in [2.24, 2.45) is 0 Å². The second kappa shape index (κ2) is 7.70. The van der Waals surface area contributed by atoms with Gasteiger partial charge < -0.3 is 10.0 Å². The molecule has 0 aliphatic heterocycles. The molecule has 0 fully saturated rings. The van der Waals surface area contributed by atoms with E-state index >= 15 is 0 Å². The summed E-state index contributed by atoms with van der Waals surface area (Å²) in [5, 5.41) is 9.52. The quantitative estimate of drug-likeness (QED) is 0.833. The Morgan fingerprint density at radius 2 is 1.71 bits per heavy atom. The molecular formula is C17H18ClNO2. The summed E-state index contributed by atoms with van der Waals surface area (Å²) >= 11 is 6.22. The molecule has 0 aliphatic carbocycles. The number of rotatable bonds is 7. The molecule has 110 valence electrons. The van der Waals surface area contributed by atoms with E-state index < -0.39 is 5.97 Å². The first-order valence-corrected chi connectivity index (χ1v) is 7.30. The minimum absolute atomic E-state index is 0.172. The van der Waals surface area contributed by atoms with Crippen LogP contribution in [-0.2, 0) is 11.3 Å². The minimum Gasteiger partial charge on any atom is -0.481 e. The van der Waals surface area contributed by atoms with Crippen LogP contribution in [0.25, 0.3) is 0 Å². The Balaban J connectivity index is 2.12. The van der Waals surface area contributed by atoms with Gasteiger partial charge >= 0.3 is 5.97 Å². The van der Waals surface area contributed by atoms with Crippen LogP contribution < -0.4 is 4.90 Å². The van der Waals surface area contributed by atoms with Crippen LogP contribution in [-0.4, -0.2) is 17.6 Å². The molecule has 4 heteroatoms. The monoisotopic (exact) mass is 303 g/mol. The lowest BCUT2D eigenvalue weighted by atomic mass is 10.1. The van der Waals surface area contributed by atoms with E-state index in [1.165, 1.54) is 0 Å². The van der Waals surface area contributed by atoms with Crippen LogP contribution in [0.15, 0.2) is 54.6 Å². The second-order valence-corrected chi connectivity index (χ2v) is 5.25. The normalized spacial score (nSPS) is 10.3. The van der Waals surface area contributed by atoms with E-state index in [0.717, 1.165) is 16.3 Å². The maximum Gasteiger partial charge on any atom is 0.303 e. The number of para-hydroxylation sites is 1. The number of carboxylic acids is 1. The van der Waals surface area contributed by atoms with Crippen molar-refractivity contribution in [2.45, 2.75) is 19.4 Å². The number of benzene rings is 2. The van der Waals surface area contributed by atoms with Gasteiger partial charge in [-0.05, 0) is 30.2 Å². The Morgan fingerprint density at radius 3 is 2.38 bits per heavy atom. The van der Waals surface area contributed by atoms with Crippen molar-refractivity contribution >= 4 is 23.3 Å².